The third-order valence-electron chi connectivity index (χ3n) is 5.01. The fourth-order valence-corrected chi connectivity index (χ4v) is 4.16. The summed E-state index contributed by atoms with van der Waals surface area (Å²) < 4.78 is 4.83. The Bertz CT molecular complexity index is 838. The Labute approximate surface area is 164 Å². The van der Waals surface area contributed by atoms with E-state index in [2.05, 4.69) is 29.0 Å². The molecule has 7 heteroatoms. The SMILES string of the molecule is COC(=O)c1[nH]c2ccc(Cl)cc2c1NC(=O)CCN1C[C@H](C)C[C@@H](C)C1. The van der Waals surface area contributed by atoms with Crippen molar-refractivity contribution < 1.29 is 14.3 Å². The number of fused-ring (bicyclic) bond motifs is 1. The van der Waals surface area contributed by atoms with E-state index in [1.807, 2.05) is 0 Å². The van der Waals surface area contributed by atoms with E-state index in [1.165, 1.54) is 13.5 Å². The monoisotopic (exact) mass is 391 g/mol. The second-order valence-corrected chi connectivity index (χ2v) is 8.00. The molecule has 1 saturated heterocycles. The Hall–Kier alpha value is -2.05. The zero-order valence-corrected chi connectivity index (χ0v) is 16.7. The first-order valence-corrected chi connectivity index (χ1v) is 9.67. The topological polar surface area (TPSA) is 74.4 Å². The van der Waals surface area contributed by atoms with Gasteiger partial charge in [0.15, 0.2) is 0 Å². The molecule has 0 spiro atoms. The van der Waals surface area contributed by atoms with Crippen LogP contribution in [-0.2, 0) is 9.53 Å². The summed E-state index contributed by atoms with van der Waals surface area (Å²) in [6, 6.07) is 5.23. The van der Waals surface area contributed by atoms with Gasteiger partial charge >= 0.3 is 5.97 Å². The lowest BCUT2D eigenvalue weighted by Gasteiger charge is -2.34. The molecule has 0 bridgehead atoms. The highest BCUT2D eigenvalue weighted by Gasteiger charge is 2.23. The lowest BCUT2D eigenvalue weighted by molar-refractivity contribution is -0.116. The normalized spacial score (nSPS) is 20.6. The van der Waals surface area contributed by atoms with Crippen molar-refractivity contribution in [2.45, 2.75) is 26.7 Å². The molecule has 1 fully saturated rings. The number of aromatic nitrogens is 1. The van der Waals surface area contributed by atoms with Crippen molar-refractivity contribution >= 4 is 40.1 Å². The first kappa shape index (κ1) is 19.7. The van der Waals surface area contributed by atoms with Crippen molar-refractivity contribution in [1.82, 2.24) is 9.88 Å². The number of rotatable bonds is 5. The molecule has 6 nitrogen and oxygen atoms in total. The summed E-state index contributed by atoms with van der Waals surface area (Å²) in [5.41, 5.74) is 1.36. The van der Waals surface area contributed by atoms with Gasteiger partial charge in [0.25, 0.3) is 0 Å². The van der Waals surface area contributed by atoms with E-state index in [-0.39, 0.29) is 11.6 Å². The second-order valence-electron chi connectivity index (χ2n) is 7.56. The largest absolute Gasteiger partial charge is 0.464 e. The molecular formula is C20H26ClN3O3. The molecule has 1 aromatic heterocycles. The number of esters is 1. The van der Waals surface area contributed by atoms with Gasteiger partial charge in [-0.15, -0.1) is 0 Å². The third kappa shape index (κ3) is 4.62. The highest BCUT2D eigenvalue weighted by Crippen LogP contribution is 2.31. The number of methoxy groups -OCH3 is 1. The fourth-order valence-electron chi connectivity index (χ4n) is 3.99. The average Bonchev–Trinajstić information content (AvgIpc) is 2.96. The van der Waals surface area contributed by atoms with Crippen LogP contribution in [0.5, 0.6) is 0 Å². The number of likely N-dealkylation sites (tertiary alicyclic amines) is 1. The number of carbonyl (C=O) groups excluding carboxylic acids is 2. The summed E-state index contributed by atoms with van der Waals surface area (Å²) >= 11 is 6.09. The summed E-state index contributed by atoms with van der Waals surface area (Å²) in [5.74, 6) is 0.639. The van der Waals surface area contributed by atoms with E-state index in [0.29, 0.717) is 46.4 Å². The number of halogens is 1. The molecule has 1 aliphatic rings. The van der Waals surface area contributed by atoms with Crippen molar-refractivity contribution in [3.05, 3.63) is 28.9 Å². The van der Waals surface area contributed by atoms with Crippen LogP contribution in [0, 0.1) is 11.8 Å². The highest BCUT2D eigenvalue weighted by molar-refractivity contribution is 6.31. The van der Waals surface area contributed by atoms with E-state index in [4.69, 9.17) is 16.3 Å². The number of piperidine rings is 1. The molecule has 146 valence electrons. The predicted molar refractivity (Wildman–Crippen MR) is 107 cm³/mol. The zero-order valence-electron chi connectivity index (χ0n) is 16.0. The van der Waals surface area contributed by atoms with Crippen LogP contribution in [-0.4, -0.2) is 48.5 Å². The van der Waals surface area contributed by atoms with Crippen LogP contribution in [0.1, 0.15) is 37.2 Å². The minimum Gasteiger partial charge on any atom is -0.464 e. The number of anilines is 1. The van der Waals surface area contributed by atoms with E-state index < -0.39 is 5.97 Å². The summed E-state index contributed by atoms with van der Waals surface area (Å²) in [6.45, 7) is 7.25. The van der Waals surface area contributed by atoms with Gasteiger partial charge in [-0.25, -0.2) is 4.79 Å². The summed E-state index contributed by atoms with van der Waals surface area (Å²) in [6.07, 6.45) is 1.61. The van der Waals surface area contributed by atoms with Gasteiger partial charge in [-0.3, -0.25) is 4.79 Å². The maximum absolute atomic E-state index is 12.6. The number of carbonyl (C=O) groups is 2. The van der Waals surface area contributed by atoms with Gasteiger partial charge in [0.2, 0.25) is 5.91 Å². The number of hydrogen-bond donors (Lipinski definition) is 2. The van der Waals surface area contributed by atoms with Gasteiger partial charge in [0.1, 0.15) is 5.69 Å². The number of hydrogen-bond acceptors (Lipinski definition) is 4. The molecule has 3 rings (SSSR count). The molecule has 0 radical (unpaired) electrons. The lowest BCUT2D eigenvalue weighted by atomic mass is 9.92. The minimum atomic E-state index is -0.531. The molecule has 0 aliphatic carbocycles. The summed E-state index contributed by atoms with van der Waals surface area (Å²) in [5, 5.41) is 4.10. The molecule has 1 aromatic carbocycles. The molecule has 0 unspecified atom stereocenters. The molecule has 1 amide bonds. The number of nitrogens with zero attached hydrogens (tertiary/aromatic N) is 1. The van der Waals surface area contributed by atoms with E-state index in [0.717, 1.165) is 13.1 Å². The van der Waals surface area contributed by atoms with Gasteiger partial charge in [-0.1, -0.05) is 25.4 Å². The molecule has 0 saturated carbocycles. The lowest BCUT2D eigenvalue weighted by Crippen LogP contribution is -2.40. The molecule has 2 heterocycles. The van der Waals surface area contributed by atoms with Crippen LogP contribution in [0.2, 0.25) is 5.02 Å². The first-order chi connectivity index (χ1) is 12.9. The van der Waals surface area contributed by atoms with Crippen molar-refractivity contribution in [3.8, 4) is 0 Å². The Balaban J connectivity index is 1.74. The first-order valence-electron chi connectivity index (χ1n) is 9.29. The van der Waals surface area contributed by atoms with Crippen LogP contribution in [0.25, 0.3) is 10.9 Å². The van der Waals surface area contributed by atoms with Gasteiger partial charge in [-0.2, -0.15) is 0 Å². The number of amides is 1. The number of nitrogens with one attached hydrogen (secondary N) is 2. The number of aromatic amines is 1. The van der Waals surface area contributed by atoms with Crippen LogP contribution < -0.4 is 5.32 Å². The zero-order chi connectivity index (χ0) is 19.6. The Morgan fingerprint density at radius 1 is 1.30 bits per heavy atom. The van der Waals surface area contributed by atoms with E-state index in [1.54, 1.807) is 18.2 Å². The third-order valence-corrected chi connectivity index (χ3v) is 5.25. The minimum absolute atomic E-state index is 0.132. The maximum Gasteiger partial charge on any atom is 0.356 e. The summed E-state index contributed by atoms with van der Waals surface area (Å²) in [4.78, 5) is 30.0. The van der Waals surface area contributed by atoms with Gasteiger partial charge < -0.3 is 19.9 Å². The molecule has 1 aliphatic heterocycles. The Kier molecular flexibility index (Phi) is 6.07. The Morgan fingerprint density at radius 2 is 2.00 bits per heavy atom. The highest BCUT2D eigenvalue weighted by atomic mass is 35.5. The summed E-state index contributed by atoms with van der Waals surface area (Å²) in [7, 11) is 1.31. The van der Waals surface area contributed by atoms with E-state index >= 15 is 0 Å². The van der Waals surface area contributed by atoms with Crippen molar-refractivity contribution in [2.75, 3.05) is 32.1 Å². The Morgan fingerprint density at radius 3 is 2.67 bits per heavy atom. The van der Waals surface area contributed by atoms with Crippen LogP contribution in [0.3, 0.4) is 0 Å². The molecular weight excluding hydrogens is 366 g/mol. The van der Waals surface area contributed by atoms with Crippen LogP contribution in [0.15, 0.2) is 18.2 Å². The van der Waals surface area contributed by atoms with Crippen LogP contribution >= 0.6 is 11.6 Å². The molecule has 27 heavy (non-hydrogen) atoms. The van der Waals surface area contributed by atoms with Gasteiger partial charge in [0, 0.05) is 42.0 Å². The molecule has 2 aromatic rings. The smallest absolute Gasteiger partial charge is 0.356 e. The van der Waals surface area contributed by atoms with Gasteiger partial charge in [0.05, 0.1) is 12.8 Å². The predicted octanol–water partition coefficient (Wildman–Crippen LogP) is 3.91. The molecule has 2 N–H and O–H groups in total. The van der Waals surface area contributed by atoms with Gasteiger partial charge in [-0.05, 0) is 36.5 Å². The average molecular weight is 392 g/mol. The standard InChI is InChI=1S/C20H26ClN3O3/c1-12-8-13(2)11-24(10-12)7-6-17(25)23-18-15-9-14(21)4-5-16(15)22-19(18)20(26)27-3/h4-5,9,12-13,22H,6-8,10-11H2,1-3H3,(H,23,25)/t12-,13-/m1/s1. The fraction of sp³-hybridized carbons (Fsp3) is 0.500. The maximum atomic E-state index is 12.6. The second kappa shape index (κ2) is 8.31. The number of H-pyrrole nitrogens is 1. The van der Waals surface area contributed by atoms with Crippen LogP contribution in [0.4, 0.5) is 5.69 Å². The quantitative estimate of drug-likeness (QED) is 0.757. The molecule has 2 atom stereocenters. The van der Waals surface area contributed by atoms with Crippen molar-refractivity contribution in [1.29, 1.82) is 0 Å². The van der Waals surface area contributed by atoms with Crippen molar-refractivity contribution in [3.63, 3.8) is 0 Å². The van der Waals surface area contributed by atoms with Crippen molar-refractivity contribution in [2.24, 2.45) is 11.8 Å². The number of benzene rings is 1. The number of ether oxygens (including phenoxy) is 1. The van der Waals surface area contributed by atoms with E-state index in [9.17, 15) is 9.59 Å².